The Kier molecular flexibility index (Phi) is 11.4. The highest BCUT2D eigenvalue weighted by Gasteiger charge is 2.54. The smallest absolute Gasteiger partial charge is 0.475 e. The van der Waals surface area contributed by atoms with E-state index in [1.54, 1.807) is 0 Å². The maximum absolute atomic E-state index is 13.3. The second-order valence-electron chi connectivity index (χ2n) is 12.8. The molecule has 2 aromatic carbocycles. The van der Waals surface area contributed by atoms with Gasteiger partial charge in [-0.3, -0.25) is 14.6 Å². The van der Waals surface area contributed by atoms with Crippen molar-refractivity contribution in [3.05, 3.63) is 70.3 Å². The van der Waals surface area contributed by atoms with E-state index in [1.807, 2.05) is 41.8 Å². The van der Waals surface area contributed by atoms with Crippen molar-refractivity contribution in [1.29, 1.82) is 0 Å². The van der Waals surface area contributed by atoms with Gasteiger partial charge < -0.3 is 14.7 Å². The Labute approximate surface area is 269 Å². The number of carboxylic acids is 1. The summed E-state index contributed by atoms with van der Waals surface area (Å²) in [6.45, 7) is 12.5. The first kappa shape index (κ1) is 35.3. The molecule has 2 aromatic rings. The van der Waals surface area contributed by atoms with Gasteiger partial charge in [0.1, 0.15) is 5.60 Å². The molecule has 11 heteroatoms. The molecule has 1 spiro atoms. The fourth-order valence-electron chi connectivity index (χ4n) is 7.12. The summed E-state index contributed by atoms with van der Waals surface area (Å²) in [5, 5.41) is 7.12. The number of carbonyl (C=O) groups is 3. The molecule has 3 aliphatic rings. The van der Waals surface area contributed by atoms with E-state index in [0.29, 0.717) is 12.6 Å². The van der Waals surface area contributed by atoms with E-state index in [9.17, 15) is 22.8 Å². The highest BCUT2D eigenvalue weighted by atomic mass is 19.4. The minimum absolute atomic E-state index is 0.128. The highest BCUT2D eigenvalue weighted by molar-refractivity contribution is 5.97. The van der Waals surface area contributed by atoms with Crippen LogP contribution in [0.1, 0.15) is 84.5 Å². The van der Waals surface area contributed by atoms with E-state index in [0.717, 1.165) is 87.8 Å². The number of likely N-dealkylation sites (tertiary alicyclic amines) is 2. The standard InChI is InChI=1S/C33H45N3O3.C2HF3O2/c1-5-6-14-29-33(39-32(38)36(29)23-27-13-8-7-10-24(27)2)17-21-34(22-18-33)28-15-19-35(20-16-28)31(37)30-25(3)11-9-12-26(30)4;3-2(4,5)1(6)7/h7-13,28-29H,5-6,14-23H2,1-4H3;(H,6,7). The van der Waals surface area contributed by atoms with E-state index < -0.39 is 12.1 Å². The molecule has 3 saturated heterocycles. The van der Waals surface area contributed by atoms with Gasteiger partial charge in [-0.25, -0.2) is 9.59 Å². The van der Waals surface area contributed by atoms with Crippen LogP contribution in [-0.2, 0) is 16.1 Å². The maximum Gasteiger partial charge on any atom is 0.490 e. The van der Waals surface area contributed by atoms with Crippen LogP contribution < -0.4 is 0 Å². The van der Waals surface area contributed by atoms with Crippen LogP contribution in [0.3, 0.4) is 0 Å². The first-order valence-electron chi connectivity index (χ1n) is 16.2. The van der Waals surface area contributed by atoms with E-state index in [2.05, 4.69) is 43.0 Å². The van der Waals surface area contributed by atoms with Crippen LogP contribution in [-0.4, -0.2) is 87.8 Å². The van der Waals surface area contributed by atoms with Crippen LogP contribution in [0.2, 0.25) is 0 Å². The van der Waals surface area contributed by atoms with Gasteiger partial charge in [0, 0.05) is 57.2 Å². The number of amides is 2. The number of unbranched alkanes of at least 4 members (excludes halogenated alkanes) is 1. The average molecular weight is 646 g/mol. The molecule has 2 amide bonds. The molecule has 0 bridgehead atoms. The summed E-state index contributed by atoms with van der Waals surface area (Å²) < 4.78 is 38.0. The predicted molar refractivity (Wildman–Crippen MR) is 169 cm³/mol. The van der Waals surface area contributed by atoms with Gasteiger partial charge in [0.15, 0.2) is 0 Å². The van der Waals surface area contributed by atoms with Crippen molar-refractivity contribution in [2.24, 2.45) is 0 Å². The lowest BCUT2D eigenvalue weighted by atomic mass is 9.81. The first-order valence-corrected chi connectivity index (χ1v) is 16.2. The lowest BCUT2D eigenvalue weighted by Gasteiger charge is -2.46. The van der Waals surface area contributed by atoms with Gasteiger partial charge in [-0.05, 0) is 62.3 Å². The van der Waals surface area contributed by atoms with Gasteiger partial charge in [-0.1, -0.05) is 62.2 Å². The fourth-order valence-corrected chi connectivity index (χ4v) is 7.12. The summed E-state index contributed by atoms with van der Waals surface area (Å²) in [6, 6.07) is 15.1. The number of aliphatic carboxylic acids is 1. The van der Waals surface area contributed by atoms with Crippen molar-refractivity contribution in [2.45, 2.75) is 103 Å². The summed E-state index contributed by atoms with van der Waals surface area (Å²) in [5.74, 6) is -2.58. The maximum atomic E-state index is 13.3. The third-order valence-corrected chi connectivity index (χ3v) is 9.79. The number of halogens is 3. The van der Waals surface area contributed by atoms with Gasteiger partial charge in [-0.15, -0.1) is 0 Å². The van der Waals surface area contributed by atoms with Gasteiger partial charge in [0.05, 0.1) is 6.04 Å². The van der Waals surface area contributed by atoms with E-state index >= 15 is 0 Å². The second-order valence-corrected chi connectivity index (χ2v) is 12.8. The number of piperidine rings is 2. The molecular formula is C35H46F3N3O5. The molecule has 0 aliphatic carbocycles. The lowest BCUT2D eigenvalue weighted by molar-refractivity contribution is -0.192. The third-order valence-electron chi connectivity index (χ3n) is 9.79. The molecule has 3 fully saturated rings. The Morgan fingerprint density at radius 1 is 0.935 bits per heavy atom. The Bertz CT molecular complexity index is 1360. The normalized spacial score (nSPS) is 20.3. The number of nitrogens with zero attached hydrogens (tertiary/aromatic N) is 3. The van der Waals surface area contributed by atoms with Gasteiger partial charge in [0.25, 0.3) is 5.91 Å². The van der Waals surface area contributed by atoms with Crippen molar-refractivity contribution >= 4 is 18.0 Å². The van der Waals surface area contributed by atoms with Crippen molar-refractivity contribution in [1.82, 2.24) is 14.7 Å². The van der Waals surface area contributed by atoms with E-state index in [-0.39, 0.29) is 23.6 Å². The zero-order chi connectivity index (χ0) is 33.6. The number of benzene rings is 2. The Morgan fingerprint density at radius 3 is 2.04 bits per heavy atom. The minimum atomic E-state index is -5.08. The van der Waals surface area contributed by atoms with Crippen LogP contribution in [0, 0.1) is 20.8 Å². The number of carbonyl (C=O) groups excluding carboxylic acids is 2. The topological polar surface area (TPSA) is 90.4 Å². The Balaban J connectivity index is 0.000000617. The zero-order valence-corrected chi connectivity index (χ0v) is 27.2. The SMILES string of the molecule is CCCCC1N(Cc2ccccc2C)C(=O)OC12CCN(C1CCN(C(=O)c3c(C)cccc3C)CC1)CC2.O=C(O)C(F)(F)F. The predicted octanol–water partition coefficient (Wildman–Crippen LogP) is 6.90. The van der Waals surface area contributed by atoms with Crippen molar-refractivity contribution in [3.63, 3.8) is 0 Å². The molecule has 5 rings (SSSR count). The number of hydrogen-bond acceptors (Lipinski definition) is 5. The number of ether oxygens (including phenoxy) is 1. The van der Waals surface area contributed by atoms with Gasteiger partial charge in [-0.2, -0.15) is 13.2 Å². The molecule has 1 N–H and O–H groups in total. The minimum Gasteiger partial charge on any atom is -0.475 e. The number of rotatable bonds is 7. The summed E-state index contributed by atoms with van der Waals surface area (Å²) in [5.41, 5.74) is 5.02. The van der Waals surface area contributed by atoms with Crippen LogP contribution in [0.15, 0.2) is 42.5 Å². The molecule has 46 heavy (non-hydrogen) atoms. The number of aryl methyl sites for hydroxylation is 3. The van der Waals surface area contributed by atoms with Crippen molar-refractivity contribution < 1.29 is 37.4 Å². The molecule has 3 aliphatic heterocycles. The van der Waals surface area contributed by atoms with Crippen LogP contribution in [0.25, 0.3) is 0 Å². The molecule has 0 saturated carbocycles. The van der Waals surface area contributed by atoms with E-state index in [4.69, 9.17) is 14.6 Å². The fraction of sp³-hybridized carbons (Fsp3) is 0.571. The largest absolute Gasteiger partial charge is 0.490 e. The molecule has 1 atom stereocenters. The third kappa shape index (κ3) is 8.03. The monoisotopic (exact) mass is 645 g/mol. The lowest BCUT2D eigenvalue weighted by Crippen LogP contribution is -2.56. The summed E-state index contributed by atoms with van der Waals surface area (Å²) in [7, 11) is 0. The van der Waals surface area contributed by atoms with Crippen molar-refractivity contribution in [2.75, 3.05) is 26.2 Å². The summed E-state index contributed by atoms with van der Waals surface area (Å²) >= 11 is 0. The van der Waals surface area contributed by atoms with Crippen LogP contribution in [0.5, 0.6) is 0 Å². The number of hydrogen-bond donors (Lipinski definition) is 1. The highest BCUT2D eigenvalue weighted by Crippen LogP contribution is 2.42. The molecule has 3 heterocycles. The summed E-state index contributed by atoms with van der Waals surface area (Å²) in [4.78, 5) is 42.1. The number of carboxylic acid groups (broad SMARTS) is 1. The van der Waals surface area contributed by atoms with Crippen LogP contribution >= 0.6 is 0 Å². The second kappa shape index (κ2) is 14.9. The van der Waals surface area contributed by atoms with E-state index in [1.165, 1.54) is 11.1 Å². The van der Waals surface area contributed by atoms with Crippen molar-refractivity contribution in [3.8, 4) is 0 Å². The molecular weight excluding hydrogens is 599 g/mol. The zero-order valence-electron chi connectivity index (χ0n) is 27.2. The Morgan fingerprint density at radius 2 is 1.50 bits per heavy atom. The molecule has 1 unspecified atom stereocenters. The van der Waals surface area contributed by atoms with Crippen LogP contribution in [0.4, 0.5) is 18.0 Å². The quantitative estimate of drug-likeness (QED) is 0.353. The first-order chi connectivity index (χ1) is 21.8. The molecule has 252 valence electrons. The Hall–Kier alpha value is -3.60. The molecule has 8 nitrogen and oxygen atoms in total. The van der Waals surface area contributed by atoms with Gasteiger partial charge >= 0.3 is 18.2 Å². The summed E-state index contributed by atoms with van der Waals surface area (Å²) in [6.07, 6.45) is 1.76. The number of alkyl halides is 3. The average Bonchev–Trinajstić information content (AvgIpc) is 3.26. The van der Waals surface area contributed by atoms with Gasteiger partial charge in [0.2, 0.25) is 0 Å². The molecule has 0 aromatic heterocycles. The molecule has 0 radical (unpaired) electrons.